The second-order valence-electron chi connectivity index (χ2n) is 5.19. The zero-order valence-corrected chi connectivity index (χ0v) is 12.1. The van der Waals surface area contributed by atoms with Gasteiger partial charge in [0.25, 0.3) is 0 Å². The fourth-order valence-corrected chi connectivity index (χ4v) is 2.15. The van der Waals surface area contributed by atoms with Crippen molar-refractivity contribution in [3.63, 3.8) is 0 Å². The molecule has 0 aliphatic carbocycles. The lowest BCUT2D eigenvalue weighted by Gasteiger charge is -2.25. The number of aryl methyl sites for hydroxylation is 3. The quantitative estimate of drug-likeness (QED) is 0.828. The second-order valence-corrected chi connectivity index (χ2v) is 5.19. The number of hydrogen-bond acceptors (Lipinski definition) is 3. The van der Waals surface area contributed by atoms with Gasteiger partial charge in [-0.05, 0) is 49.9 Å². The summed E-state index contributed by atoms with van der Waals surface area (Å²) in [5, 5.41) is 18.4. The molecule has 1 unspecified atom stereocenters. The minimum Gasteiger partial charge on any atom is -0.481 e. The van der Waals surface area contributed by atoms with Crippen LogP contribution in [0.1, 0.15) is 29.5 Å². The molecule has 4 heteroatoms. The zero-order valence-electron chi connectivity index (χ0n) is 12.1. The van der Waals surface area contributed by atoms with Crippen LogP contribution < -0.4 is 4.90 Å². The van der Waals surface area contributed by atoms with Crippen LogP contribution in [0.2, 0.25) is 0 Å². The van der Waals surface area contributed by atoms with Crippen LogP contribution in [-0.4, -0.2) is 35.9 Å². The standard InChI is InChI=1S/C15H23NO3/c1-10-7-12(3)14(8-11(10)2)16(4)9-13(17)5-6-15(18)19/h7-8,13,17H,5-6,9H2,1-4H3,(H,18,19). The summed E-state index contributed by atoms with van der Waals surface area (Å²) in [5.41, 5.74) is 4.71. The van der Waals surface area contributed by atoms with E-state index in [1.165, 1.54) is 11.1 Å². The molecule has 0 amide bonds. The monoisotopic (exact) mass is 265 g/mol. The maximum atomic E-state index is 10.5. The first-order valence-corrected chi connectivity index (χ1v) is 6.50. The summed E-state index contributed by atoms with van der Waals surface area (Å²) in [7, 11) is 1.92. The Morgan fingerprint density at radius 2 is 1.79 bits per heavy atom. The van der Waals surface area contributed by atoms with Crippen molar-refractivity contribution in [1.82, 2.24) is 0 Å². The first-order chi connectivity index (χ1) is 8.81. The predicted molar refractivity (Wildman–Crippen MR) is 76.8 cm³/mol. The van der Waals surface area contributed by atoms with Gasteiger partial charge in [-0.25, -0.2) is 0 Å². The fourth-order valence-electron chi connectivity index (χ4n) is 2.15. The number of nitrogens with zero attached hydrogens (tertiary/aromatic N) is 1. The lowest BCUT2D eigenvalue weighted by atomic mass is 10.0. The summed E-state index contributed by atoms with van der Waals surface area (Å²) < 4.78 is 0. The van der Waals surface area contributed by atoms with Crippen LogP contribution in [0.3, 0.4) is 0 Å². The van der Waals surface area contributed by atoms with Crippen molar-refractivity contribution in [1.29, 1.82) is 0 Å². The number of hydrogen-bond donors (Lipinski definition) is 2. The van der Waals surface area contributed by atoms with E-state index in [9.17, 15) is 9.90 Å². The molecule has 1 rings (SSSR count). The Balaban J connectivity index is 2.70. The molecular weight excluding hydrogens is 242 g/mol. The molecule has 0 heterocycles. The van der Waals surface area contributed by atoms with Gasteiger partial charge in [0.05, 0.1) is 6.10 Å². The molecule has 0 bridgehead atoms. The number of anilines is 1. The number of carboxylic acids is 1. The van der Waals surface area contributed by atoms with Crippen molar-refractivity contribution in [2.75, 3.05) is 18.5 Å². The van der Waals surface area contributed by atoms with E-state index >= 15 is 0 Å². The first kappa shape index (κ1) is 15.5. The zero-order chi connectivity index (χ0) is 14.6. The Morgan fingerprint density at radius 3 is 2.37 bits per heavy atom. The highest BCUT2D eigenvalue weighted by molar-refractivity contribution is 5.66. The number of benzene rings is 1. The van der Waals surface area contributed by atoms with Crippen molar-refractivity contribution in [3.05, 3.63) is 28.8 Å². The molecule has 4 nitrogen and oxygen atoms in total. The minimum absolute atomic E-state index is 0.000907. The summed E-state index contributed by atoms with van der Waals surface area (Å²) in [6, 6.07) is 4.24. The molecule has 2 N–H and O–H groups in total. The summed E-state index contributed by atoms with van der Waals surface area (Å²) in [6.07, 6.45) is -0.341. The lowest BCUT2D eigenvalue weighted by Crippen LogP contribution is -2.30. The maximum Gasteiger partial charge on any atom is 0.303 e. The largest absolute Gasteiger partial charge is 0.481 e. The molecule has 0 aromatic heterocycles. The Labute approximate surface area is 114 Å². The Hall–Kier alpha value is -1.55. The lowest BCUT2D eigenvalue weighted by molar-refractivity contribution is -0.137. The SMILES string of the molecule is Cc1cc(C)c(N(C)CC(O)CCC(=O)O)cc1C. The molecule has 0 radical (unpaired) electrons. The number of aliphatic hydroxyl groups is 1. The Morgan fingerprint density at radius 1 is 1.21 bits per heavy atom. The number of aliphatic carboxylic acids is 1. The van der Waals surface area contributed by atoms with Crippen molar-refractivity contribution in [2.24, 2.45) is 0 Å². The second kappa shape index (κ2) is 6.57. The normalized spacial score (nSPS) is 12.3. The Kier molecular flexibility index (Phi) is 5.36. The van der Waals surface area contributed by atoms with Crippen LogP contribution >= 0.6 is 0 Å². The average molecular weight is 265 g/mol. The summed E-state index contributed by atoms with van der Waals surface area (Å²) in [4.78, 5) is 12.5. The molecule has 0 saturated carbocycles. The summed E-state index contributed by atoms with van der Waals surface area (Å²) in [6.45, 7) is 6.62. The molecule has 106 valence electrons. The van der Waals surface area contributed by atoms with E-state index in [1.54, 1.807) is 0 Å². The highest BCUT2D eigenvalue weighted by Gasteiger charge is 2.13. The van der Waals surface area contributed by atoms with Gasteiger partial charge in [0.1, 0.15) is 0 Å². The molecule has 19 heavy (non-hydrogen) atoms. The third kappa shape index (κ3) is 4.56. The van der Waals surface area contributed by atoms with Gasteiger partial charge < -0.3 is 15.1 Å². The molecule has 0 fully saturated rings. The average Bonchev–Trinajstić information content (AvgIpc) is 2.31. The van der Waals surface area contributed by atoms with Crippen LogP contribution in [0.15, 0.2) is 12.1 Å². The van der Waals surface area contributed by atoms with Gasteiger partial charge >= 0.3 is 5.97 Å². The van der Waals surface area contributed by atoms with Crippen molar-refractivity contribution in [2.45, 2.75) is 39.7 Å². The topological polar surface area (TPSA) is 60.8 Å². The van der Waals surface area contributed by atoms with E-state index in [0.717, 1.165) is 11.3 Å². The summed E-state index contributed by atoms with van der Waals surface area (Å²) >= 11 is 0. The van der Waals surface area contributed by atoms with Gasteiger partial charge in [-0.2, -0.15) is 0 Å². The van der Waals surface area contributed by atoms with Gasteiger partial charge in [-0.1, -0.05) is 6.07 Å². The Bertz CT molecular complexity index is 457. The van der Waals surface area contributed by atoms with E-state index in [2.05, 4.69) is 26.0 Å². The summed E-state index contributed by atoms with van der Waals surface area (Å²) in [5.74, 6) is -0.871. The van der Waals surface area contributed by atoms with Gasteiger partial charge in [0.2, 0.25) is 0 Å². The molecule has 1 aromatic rings. The van der Waals surface area contributed by atoms with Crippen molar-refractivity contribution >= 4 is 11.7 Å². The molecule has 1 aromatic carbocycles. The molecule has 0 aliphatic heterocycles. The molecule has 0 spiro atoms. The molecule has 1 atom stereocenters. The maximum absolute atomic E-state index is 10.5. The number of likely N-dealkylation sites (N-methyl/N-ethyl adjacent to an activating group) is 1. The number of rotatable bonds is 6. The number of carbonyl (C=O) groups is 1. The number of carboxylic acid groups (broad SMARTS) is 1. The van der Waals surface area contributed by atoms with Crippen LogP contribution in [0, 0.1) is 20.8 Å². The highest BCUT2D eigenvalue weighted by atomic mass is 16.4. The van der Waals surface area contributed by atoms with Crippen LogP contribution in [0.5, 0.6) is 0 Å². The van der Waals surface area contributed by atoms with E-state index in [-0.39, 0.29) is 12.8 Å². The predicted octanol–water partition coefficient (Wildman–Crippen LogP) is 2.27. The molecule has 0 aliphatic rings. The van der Waals surface area contributed by atoms with Gasteiger partial charge in [0, 0.05) is 25.7 Å². The van der Waals surface area contributed by atoms with E-state index in [4.69, 9.17) is 5.11 Å². The van der Waals surface area contributed by atoms with E-state index < -0.39 is 12.1 Å². The van der Waals surface area contributed by atoms with Crippen LogP contribution in [0.4, 0.5) is 5.69 Å². The molecule has 0 saturated heterocycles. The smallest absolute Gasteiger partial charge is 0.303 e. The van der Waals surface area contributed by atoms with Crippen molar-refractivity contribution in [3.8, 4) is 0 Å². The fraction of sp³-hybridized carbons (Fsp3) is 0.533. The van der Waals surface area contributed by atoms with Crippen LogP contribution in [-0.2, 0) is 4.79 Å². The van der Waals surface area contributed by atoms with Gasteiger partial charge in [-0.15, -0.1) is 0 Å². The van der Waals surface area contributed by atoms with Crippen LogP contribution in [0.25, 0.3) is 0 Å². The van der Waals surface area contributed by atoms with Crippen molar-refractivity contribution < 1.29 is 15.0 Å². The third-order valence-corrected chi connectivity index (χ3v) is 3.40. The van der Waals surface area contributed by atoms with E-state index in [1.807, 2.05) is 18.9 Å². The molecular formula is C15H23NO3. The first-order valence-electron chi connectivity index (χ1n) is 6.50. The van der Waals surface area contributed by atoms with E-state index in [0.29, 0.717) is 6.54 Å². The third-order valence-electron chi connectivity index (χ3n) is 3.40. The highest BCUT2D eigenvalue weighted by Crippen LogP contribution is 2.23. The number of aliphatic hydroxyl groups excluding tert-OH is 1. The minimum atomic E-state index is -0.871. The van der Waals surface area contributed by atoms with Gasteiger partial charge in [0.15, 0.2) is 0 Å². The van der Waals surface area contributed by atoms with Gasteiger partial charge in [-0.3, -0.25) is 4.79 Å².